The van der Waals surface area contributed by atoms with Crippen molar-refractivity contribution in [2.45, 2.75) is 38.7 Å². The summed E-state index contributed by atoms with van der Waals surface area (Å²) in [4.78, 5) is 6.90. The van der Waals surface area contributed by atoms with Gasteiger partial charge in [0.25, 0.3) is 5.92 Å². The number of anilines is 1. The van der Waals surface area contributed by atoms with Crippen molar-refractivity contribution >= 4 is 22.4 Å². The summed E-state index contributed by atoms with van der Waals surface area (Å²) in [6, 6.07) is 6.22. The molecule has 2 aromatic heterocycles. The van der Waals surface area contributed by atoms with Crippen LogP contribution in [0.15, 0.2) is 24.4 Å². The van der Waals surface area contributed by atoms with E-state index in [1.54, 1.807) is 6.20 Å². The number of hydrogen-bond acceptors (Lipinski definition) is 4. The van der Waals surface area contributed by atoms with Crippen LogP contribution in [0.1, 0.15) is 36.9 Å². The highest BCUT2D eigenvalue weighted by Gasteiger charge is 2.35. The molecule has 1 aliphatic heterocycles. The fourth-order valence-corrected chi connectivity index (χ4v) is 3.66. The highest BCUT2D eigenvalue weighted by atomic mass is 19.3. The molecule has 1 aromatic carbocycles. The zero-order valence-electron chi connectivity index (χ0n) is 15.3. The number of fused-ring (bicyclic) bond motifs is 3. The van der Waals surface area contributed by atoms with Crippen LogP contribution in [0.25, 0.3) is 16.6 Å². The first-order valence-corrected chi connectivity index (χ1v) is 8.98. The van der Waals surface area contributed by atoms with Crippen molar-refractivity contribution in [3.05, 3.63) is 35.5 Å². The molecule has 0 radical (unpaired) electrons. The Balaban J connectivity index is 1.93. The van der Waals surface area contributed by atoms with Gasteiger partial charge in [0, 0.05) is 32.0 Å². The molecule has 7 heteroatoms. The summed E-state index contributed by atoms with van der Waals surface area (Å²) in [7, 11) is 1.92. The molecule has 0 bridgehead atoms. The Morgan fingerprint density at radius 3 is 2.62 bits per heavy atom. The quantitative estimate of drug-likeness (QED) is 0.774. The maximum Gasteiger partial charge on any atom is 0.251 e. The van der Waals surface area contributed by atoms with Gasteiger partial charge in [-0.3, -0.25) is 0 Å². The molecule has 0 spiro atoms. The van der Waals surface area contributed by atoms with Crippen LogP contribution in [0.3, 0.4) is 0 Å². The standard InChI is InChI=1S/C19H23F2N5/c1-12-10-14(13(2)22-3)17-16(11-12)26-15(4-7-23-26)18(24-17)25-8-5-19(20,21)6-9-25/h4,7,10-11,13,22H,5-6,8-9H2,1-3H3/t13-/m1/s1. The Kier molecular flexibility index (Phi) is 4.06. The largest absolute Gasteiger partial charge is 0.354 e. The van der Waals surface area contributed by atoms with E-state index in [9.17, 15) is 8.78 Å². The predicted molar refractivity (Wildman–Crippen MR) is 99.1 cm³/mol. The van der Waals surface area contributed by atoms with Crippen molar-refractivity contribution in [3.63, 3.8) is 0 Å². The Morgan fingerprint density at radius 2 is 1.92 bits per heavy atom. The Labute approximate surface area is 151 Å². The molecule has 3 heterocycles. The van der Waals surface area contributed by atoms with E-state index in [1.807, 2.05) is 22.5 Å². The second-order valence-corrected chi connectivity index (χ2v) is 7.14. The lowest BCUT2D eigenvalue weighted by Gasteiger charge is -2.33. The number of nitrogens with one attached hydrogen (secondary N) is 1. The molecule has 4 rings (SSSR count). The van der Waals surface area contributed by atoms with Crippen molar-refractivity contribution in [2.75, 3.05) is 25.0 Å². The van der Waals surface area contributed by atoms with E-state index in [0.717, 1.165) is 33.5 Å². The number of benzene rings is 1. The first kappa shape index (κ1) is 17.1. The van der Waals surface area contributed by atoms with Crippen molar-refractivity contribution in [2.24, 2.45) is 0 Å². The lowest BCUT2D eigenvalue weighted by atomic mass is 10.0. The molecule has 1 saturated heterocycles. The van der Waals surface area contributed by atoms with Crippen molar-refractivity contribution < 1.29 is 8.78 Å². The minimum Gasteiger partial charge on any atom is -0.354 e. The summed E-state index contributed by atoms with van der Waals surface area (Å²) in [5.74, 6) is -1.84. The first-order chi connectivity index (χ1) is 12.4. The summed E-state index contributed by atoms with van der Waals surface area (Å²) in [6.45, 7) is 4.75. The Hall–Kier alpha value is -2.28. The summed E-state index contributed by atoms with van der Waals surface area (Å²) >= 11 is 0. The number of piperidine rings is 1. The predicted octanol–water partition coefficient (Wildman–Crippen LogP) is 3.71. The van der Waals surface area contributed by atoms with Gasteiger partial charge in [-0.1, -0.05) is 6.07 Å². The van der Waals surface area contributed by atoms with Crippen LogP contribution in [0.4, 0.5) is 14.6 Å². The van der Waals surface area contributed by atoms with Gasteiger partial charge < -0.3 is 10.2 Å². The van der Waals surface area contributed by atoms with E-state index in [-0.39, 0.29) is 18.9 Å². The van der Waals surface area contributed by atoms with Gasteiger partial charge in [0.1, 0.15) is 5.52 Å². The monoisotopic (exact) mass is 359 g/mol. The number of aromatic nitrogens is 3. The van der Waals surface area contributed by atoms with Crippen molar-refractivity contribution in [3.8, 4) is 0 Å². The average molecular weight is 359 g/mol. The highest BCUT2D eigenvalue weighted by Crippen LogP contribution is 2.34. The smallest absolute Gasteiger partial charge is 0.251 e. The highest BCUT2D eigenvalue weighted by molar-refractivity contribution is 5.87. The van der Waals surface area contributed by atoms with Gasteiger partial charge >= 0.3 is 0 Å². The maximum atomic E-state index is 13.6. The summed E-state index contributed by atoms with van der Waals surface area (Å²) in [5.41, 5.74) is 4.88. The van der Waals surface area contributed by atoms with Gasteiger partial charge in [0.05, 0.1) is 17.2 Å². The van der Waals surface area contributed by atoms with E-state index in [1.165, 1.54) is 0 Å². The van der Waals surface area contributed by atoms with Crippen LogP contribution >= 0.6 is 0 Å². The van der Waals surface area contributed by atoms with Crippen LogP contribution in [0.2, 0.25) is 0 Å². The molecular weight excluding hydrogens is 336 g/mol. The molecule has 1 aliphatic rings. The van der Waals surface area contributed by atoms with Crippen LogP contribution in [0, 0.1) is 6.92 Å². The normalized spacial score (nSPS) is 18.6. The van der Waals surface area contributed by atoms with E-state index in [0.29, 0.717) is 13.1 Å². The second-order valence-electron chi connectivity index (χ2n) is 7.14. The molecule has 3 aromatic rings. The Bertz CT molecular complexity index is 955. The van der Waals surface area contributed by atoms with Gasteiger partial charge in [-0.2, -0.15) is 5.10 Å². The number of alkyl halides is 2. The Morgan fingerprint density at radius 1 is 1.19 bits per heavy atom. The van der Waals surface area contributed by atoms with Crippen molar-refractivity contribution in [1.82, 2.24) is 19.9 Å². The molecule has 0 saturated carbocycles. The van der Waals surface area contributed by atoms with E-state index in [2.05, 4.69) is 36.4 Å². The molecule has 1 fully saturated rings. The molecule has 1 N–H and O–H groups in total. The van der Waals surface area contributed by atoms with E-state index >= 15 is 0 Å². The van der Waals surface area contributed by atoms with Gasteiger partial charge in [0.15, 0.2) is 5.82 Å². The number of rotatable bonds is 3. The minimum absolute atomic E-state index is 0.122. The van der Waals surface area contributed by atoms with Crippen LogP contribution in [-0.2, 0) is 0 Å². The zero-order valence-corrected chi connectivity index (χ0v) is 15.3. The van der Waals surface area contributed by atoms with E-state index in [4.69, 9.17) is 4.98 Å². The van der Waals surface area contributed by atoms with Crippen LogP contribution in [0.5, 0.6) is 0 Å². The molecule has 26 heavy (non-hydrogen) atoms. The zero-order chi connectivity index (χ0) is 18.5. The molecule has 0 amide bonds. The third-order valence-electron chi connectivity index (χ3n) is 5.28. The number of hydrogen-bond donors (Lipinski definition) is 1. The second kappa shape index (κ2) is 6.16. The van der Waals surface area contributed by atoms with Crippen molar-refractivity contribution in [1.29, 1.82) is 0 Å². The molecule has 0 unspecified atom stereocenters. The fraction of sp³-hybridized carbons (Fsp3) is 0.474. The molecular formula is C19H23F2N5. The summed E-state index contributed by atoms with van der Waals surface area (Å²) < 4.78 is 29.1. The maximum absolute atomic E-state index is 13.6. The first-order valence-electron chi connectivity index (χ1n) is 8.98. The van der Waals surface area contributed by atoms with Gasteiger partial charge in [-0.05, 0) is 44.2 Å². The van der Waals surface area contributed by atoms with E-state index < -0.39 is 5.92 Å². The molecule has 5 nitrogen and oxygen atoms in total. The summed E-state index contributed by atoms with van der Waals surface area (Å²) in [5, 5.41) is 7.75. The molecule has 0 aliphatic carbocycles. The van der Waals surface area contributed by atoms with Gasteiger partial charge in [0.2, 0.25) is 0 Å². The van der Waals surface area contributed by atoms with Crippen LogP contribution in [-0.4, -0.2) is 40.7 Å². The lowest BCUT2D eigenvalue weighted by molar-refractivity contribution is -0.0221. The third-order valence-corrected chi connectivity index (χ3v) is 5.28. The van der Waals surface area contributed by atoms with Gasteiger partial charge in [-0.25, -0.2) is 18.3 Å². The average Bonchev–Trinajstić information content (AvgIpc) is 3.10. The van der Waals surface area contributed by atoms with Gasteiger partial charge in [-0.15, -0.1) is 0 Å². The SMILES string of the molecule is CN[C@H](C)c1cc(C)cc2c1nc(N1CCC(F)(F)CC1)c1ccnn12. The molecule has 138 valence electrons. The topological polar surface area (TPSA) is 45.5 Å². The number of aryl methyl sites for hydroxylation is 1. The summed E-state index contributed by atoms with van der Waals surface area (Å²) in [6.07, 6.45) is 1.46. The lowest BCUT2D eigenvalue weighted by Crippen LogP contribution is -2.40. The fourth-order valence-electron chi connectivity index (χ4n) is 3.66. The molecule has 1 atom stereocenters. The minimum atomic E-state index is -2.58. The van der Waals surface area contributed by atoms with Crippen LogP contribution < -0.4 is 10.2 Å². The number of nitrogens with zero attached hydrogens (tertiary/aromatic N) is 4. The third kappa shape index (κ3) is 2.80. The number of halogens is 2.